The lowest BCUT2D eigenvalue weighted by atomic mass is 10.0. The number of aliphatic hydroxyl groups is 1. The highest BCUT2D eigenvalue weighted by Gasteiger charge is 2.09. The molecule has 0 amide bonds. The predicted octanol–water partition coefficient (Wildman–Crippen LogP) is 2.71. The van der Waals surface area contributed by atoms with Crippen molar-refractivity contribution in [2.75, 3.05) is 6.54 Å². The molecule has 0 aliphatic carbocycles. The van der Waals surface area contributed by atoms with Gasteiger partial charge in [0.15, 0.2) is 5.65 Å². The Labute approximate surface area is 139 Å². The Morgan fingerprint density at radius 1 is 1.08 bits per heavy atom. The van der Waals surface area contributed by atoms with Crippen molar-refractivity contribution in [1.29, 1.82) is 0 Å². The molecule has 2 aromatic heterocycles. The Morgan fingerprint density at radius 3 is 2.88 bits per heavy atom. The second-order valence-corrected chi connectivity index (χ2v) is 5.81. The third kappa shape index (κ3) is 2.87. The van der Waals surface area contributed by atoms with Gasteiger partial charge in [-0.15, -0.1) is 0 Å². The molecule has 4 rings (SSSR count). The summed E-state index contributed by atoms with van der Waals surface area (Å²) >= 11 is 0. The van der Waals surface area contributed by atoms with Crippen LogP contribution < -0.4 is 5.32 Å². The van der Waals surface area contributed by atoms with E-state index < -0.39 is 6.10 Å². The molecule has 0 saturated heterocycles. The molecule has 2 heterocycles. The number of hydrogen-bond donors (Lipinski definition) is 2. The average molecular weight is 318 g/mol. The van der Waals surface area contributed by atoms with E-state index in [-0.39, 0.29) is 0 Å². The molecule has 0 aliphatic rings. The van der Waals surface area contributed by atoms with Gasteiger partial charge in [0, 0.05) is 25.5 Å². The van der Waals surface area contributed by atoms with Crippen LogP contribution in [0.2, 0.25) is 0 Å². The van der Waals surface area contributed by atoms with Crippen LogP contribution in [0.15, 0.2) is 67.3 Å². The van der Waals surface area contributed by atoms with Crippen LogP contribution in [0.4, 0.5) is 0 Å². The first-order valence-electron chi connectivity index (χ1n) is 7.95. The van der Waals surface area contributed by atoms with Crippen molar-refractivity contribution in [2.45, 2.75) is 12.6 Å². The molecule has 0 spiro atoms. The first kappa shape index (κ1) is 14.8. The number of imidazole rings is 1. The zero-order chi connectivity index (χ0) is 16.4. The molecule has 4 aromatic rings. The van der Waals surface area contributed by atoms with E-state index in [0.29, 0.717) is 13.1 Å². The molecule has 2 aromatic carbocycles. The molecule has 5 heteroatoms. The van der Waals surface area contributed by atoms with Crippen LogP contribution in [0.3, 0.4) is 0 Å². The van der Waals surface area contributed by atoms with Crippen molar-refractivity contribution in [3.63, 3.8) is 0 Å². The molecule has 24 heavy (non-hydrogen) atoms. The number of nitrogens with zero attached hydrogens (tertiary/aromatic N) is 3. The molecule has 0 aliphatic heterocycles. The van der Waals surface area contributed by atoms with Gasteiger partial charge in [-0.25, -0.2) is 4.98 Å². The minimum Gasteiger partial charge on any atom is -0.387 e. The minimum absolute atomic E-state index is 0.483. The van der Waals surface area contributed by atoms with Crippen LogP contribution in [0, 0.1) is 0 Å². The lowest BCUT2D eigenvalue weighted by Gasteiger charge is -2.13. The molecule has 1 unspecified atom stereocenters. The van der Waals surface area contributed by atoms with Crippen molar-refractivity contribution < 1.29 is 5.11 Å². The first-order chi connectivity index (χ1) is 11.8. The van der Waals surface area contributed by atoms with Crippen molar-refractivity contribution in [1.82, 2.24) is 19.7 Å². The quantitative estimate of drug-likeness (QED) is 0.594. The summed E-state index contributed by atoms with van der Waals surface area (Å²) in [7, 11) is 0. The summed E-state index contributed by atoms with van der Waals surface area (Å²) in [5, 5.41) is 16.0. The Hall–Kier alpha value is -2.76. The number of rotatable bonds is 5. The first-order valence-corrected chi connectivity index (χ1v) is 7.95. The van der Waals surface area contributed by atoms with E-state index in [9.17, 15) is 5.11 Å². The minimum atomic E-state index is -0.546. The fourth-order valence-electron chi connectivity index (χ4n) is 2.90. The summed E-state index contributed by atoms with van der Waals surface area (Å²) in [6.45, 7) is 1.12. The van der Waals surface area contributed by atoms with Gasteiger partial charge in [-0.05, 0) is 22.4 Å². The largest absolute Gasteiger partial charge is 0.387 e. The molecule has 0 bridgehead atoms. The van der Waals surface area contributed by atoms with Gasteiger partial charge in [0.2, 0.25) is 0 Å². The SMILES string of the molecule is OC(CNCc1cnc2cnccn12)c1ccc2ccccc2c1. The molecular formula is C19H18N4O. The van der Waals surface area contributed by atoms with E-state index in [0.717, 1.165) is 22.3 Å². The van der Waals surface area contributed by atoms with Crippen LogP contribution in [0.5, 0.6) is 0 Å². The molecular weight excluding hydrogens is 300 g/mol. The second-order valence-electron chi connectivity index (χ2n) is 5.81. The summed E-state index contributed by atoms with van der Waals surface area (Å²) in [5.41, 5.74) is 2.78. The maximum atomic E-state index is 10.4. The summed E-state index contributed by atoms with van der Waals surface area (Å²) in [6.07, 6.45) is 6.64. The topological polar surface area (TPSA) is 62.5 Å². The number of aromatic nitrogens is 3. The summed E-state index contributed by atoms with van der Waals surface area (Å²) < 4.78 is 1.99. The van der Waals surface area contributed by atoms with E-state index >= 15 is 0 Å². The zero-order valence-electron chi connectivity index (χ0n) is 13.1. The van der Waals surface area contributed by atoms with Crippen molar-refractivity contribution in [2.24, 2.45) is 0 Å². The van der Waals surface area contributed by atoms with Crippen molar-refractivity contribution in [3.8, 4) is 0 Å². The number of benzene rings is 2. The monoisotopic (exact) mass is 318 g/mol. The van der Waals surface area contributed by atoms with E-state index in [1.54, 1.807) is 12.4 Å². The zero-order valence-corrected chi connectivity index (χ0v) is 13.1. The van der Waals surface area contributed by atoms with Gasteiger partial charge in [0.1, 0.15) is 0 Å². The standard InChI is InChI=1S/C19H18N4O/c24-18(16-6-5-14-3-1-2-4-15(14)9-16)12-21-10-17-11-22-19-13-20-7-8-23(17)19/h1-9,11,13,18,21,24H,10,12H2. The highest BCUT2D eigenvalue weighted by Crippen LogP contribution is 2.20. The van der Waals surface area contributed by atoms with Gasteiger partial charge in [-0.2, -0.15) is 0 Å². The maximum Gasteiger partial charge on any atom is 0.155 e. The molecule has 5 nitrogen and oxygen atoms in total. The fourth-order valence-corrected chi connectivity index (χ4v) is 2.90. The number of nitrogens with one attached hydrogen (secondary N) is 1. The number of aliphatic hydroxyl groups excluding tert-OH is 1. The van der Waals surface area contributed by atoms with Crippen LogP contribution >= 0.6 is 0 Å². The Balaban J connectivity index is 1.43. The van der Waals surface area contributed by atoms with Crippen LogP contribution in [0.1, 0.15) is 17.4 Å². The lowest BCUT2D eigenvalue weighted by Crippen LogP contribution is -2.21. The van der Waals surface area contributed by atoms with Gasteiger partial charge in [-0.1, -0.05) is 36.4 Å². The van der Waals surface area contributed by atoms with Crippen LogP contribution in [-0.4, -0.2) is 26.0 Å². The van der Waals surface area contributed by atoms with Gasteiger partial charge in [0.25, 0.3) is 0 Å². The van der Waals surface area contributed by atoms with Gasteiger partial charge >= 0.3 is 0 Å². The third-order valence-corrected chi connectivity index (χ3v) is 4.20. The van der Waals surface area contributed by atoms with E-state index in [4.69, 9.17) is 0 Å². The number of hydrogen-bond acceptors (Lipinski definition) is 4. The molecule has 1 atom stereocenters. The van der Waals surface area contributed by atoms with Gasteiger partial charge in [0.05, 0.1) is 24.2 Å². The fraction of sp³-hybridized carbons (Fsp3) is 0.158. The maximum absolute atomic E-state index is 10.4. The van der Waals surface area contributed by atoms with E-state index in [1.165, 1.54) is 5.39 Å². The lowest BCUT2D eigenvalue weighted by molar-refractivity contribution is 0.174. The Morgan fingerprint density at radius 2 is 1.96 bits per heavy atom. The summed E-state index contributed by atoms with van der Waals surface area (Å²) in [5.74, 6) is 0. The molecule has 120 valence electrons. The summed E-state index contributed by atoms with van der Waals surface area (Å²) in [4.78, 5) is 8.36. The average Bonchev–Trinajstić information content (AvgIpc) is 3.04. The van der Waals surface area contributed by atoms with Gasteiger partial charge in [-0.3, -0.25) is 9.38 Å². The Bertz CT molecular complexity index is 979. The number of fused-ring (bicyclic) bond motifs is 2. The molecule has 0 saturated carbocycles. The van der Waals surface area contributed by atoms with Gasteiger partial charge < -0.3 is 10.4 Å². The normalized spacial score (nSPS) is 12.7. The highest BCUT2D eigenvalue weighted by molar-refractivity contribution is 5.83. The van der Waals surface area contributed by atoms with E-state index in [2.05, 4.69) is 27.4 Å². The van der Waals surface area contributed by atoms with Crippen LogP contribution in [0.25, 0.3) is 16.4 Å². The smallest absolute Gasteiger partial charge is 0.155 e. The molecule has 2 N–H and O–H groups in total. The second kappa shape index (κ2) is 6.39. The van der Waals surface area contributed by atoms with Crippen molar-refractivity contribution >= 4 is 16.4 Å². The summed E-state index contributed by atoms with van der Waals surface area (Å²) in [6, 6.07) is 14.2. The van der Waals surface area contributed by atoms with Crippen molar-refractivity contribution in [3.05, 3.63) is 78.5 Å². The van der Waals surface area contributed by atoms with Crippen LogP contribution in [-0.2, 0) is 6.54 Å². The highest BCUT2D eigenvalue weighted by atomic mass is 16.3. The van der Waals surface area contributed by atoms with E-state index in [1.807, 2.05) is 47.1 Å². The third-order valence-electron chi connectivity index (χ3n) is 4.20. The predicted molar refractivity (Wildman–Crippen MR) is 93.6 cm³/mol. The Kier molecular flexibility index (Phi) is 3.94. The molecule has 0 radical (unpaired) electrons. The molecule has 0 fully saturated rings.